The molecular weight excluding hydrogens is 262 g/mol. The lowest BCUT2D eigenvalue weighted by Gasteiger charge is -2.08. The molecule has 0 aromatic heterocycles. The number of hydrogen-bond donors (Lipinski definition) is 3. The quantitative estimate of drug-likeness (QED) is 0.448. The molecule has 0 bridgehead atoms. The van der Waals surface area contributed by atoms with Gasteiger partial charge in [0.2, 0.25) is 11.6 Å². The fourth-order valence-electron chi connectivity index (χ4n) is 2.03. The van der Waals surface area contributed by atoms with Crippen LogP contribution in [-0.2, 0) is 4.79 Å². The zero-order valence-electron chi connectivity index (χ0n) is 11.9. The molecule has 0 aliphatic carbocycles. The first kappa shape index (κ1) is 14.5. The first-order valence-electron chi connectivity index (χ1n) is 6.54. The van der Waals surface area contributed by atoms with Crippen molar-refractivity contribution in [3.63, 3.8) is 0 Å². The van der Waals surface area contributed by atoms with Crippen LogP contribution >= 0.6 is 0 Å². The number of carbonyl (C=O) groups is 1. The number of nitrogens with one attached hydrogen (secondary N) is 1. The maximum Gasteiger partial charge on any atom is 0.247 e. The van der Waals surface area contributed by atoms with E-state index in [9.17, 15) is 4.79 Å². The number of para-hydroxylation sites is 1. The van der Waals surface area contributed by atoms with E-state index in [2.05, 4.69) is 11.9 Å². The summed E-state index contributed by atoms with van der Waals surface area (Å²) in [5, 5.41) is 8.93. The van der Waals surface area contributed by atoms with E-state index in [4.69, 9.17) is 11.1 Å². The van der Waals surface area contributed by atoms with E-state index < -0.39 is 0 Å². The van der Waals surface area contributed by atoms with Gasteiger partial charge in [0.1, 0.15) is 0 Å². The molecule has 0 aliphatic rings. The third kappa shape index (κ3) is 3.17. The van der Waals surface area contributed by atoms with Crippen LogP contribution in [0.3, 0.4) is 0 Å². The van der Waals surface area contributed by atoms with Gasteiger partial charge in [0.25, 0.3) is 0 Å². The Morgan fingerprint density at radius 2 is 2.00 bits per heavy atom. The lowest BCUT2D eigenvalue weighted by atomic mass is 9.98. The molecule has 0 fully saturated rings. The summed E-state index contributed by atoms with van der Waals surface area (Å²) in [7, 11) is 0. The average Bonchev–Trinajstić information content (AvgIpc) is 2.49. The standard InChI is InChI=1S/C17H17N3O/c1-3-15(21)20-13-8-5-7-12(10-13)17(19)14-9-4-6-11(2)16(14)18/h3-10,19H,1,18H2,2H3,(H,20,21)/p+1. The minimum Gasteiger partial charge on any atom is -0.398 e. The van der Waals surface area contributed by atoms with Crippen molar-refractivity contribution in [3.05, 3.63) is 71.8 Å². The molecule has 0 saturated carbocycles. The zero-order chi connectivity index (χ0) is 15.4. The number of rotatable bonds is 4. The Bertz CT molecular complexity index is 720. The predicted octanol–water partition coefficient (Wildman–Crippen LogP) is 1.30. The van der Waals surface area contributed by atoms with Crippen LogP contribution in [0.15, 0.2) is 55.1 Å². The summed E-state index contributed by atoms with van der Waals surface area (Å²) in [5.41, 5.74) is 10.5. The fraction of sp³-hybridized carbons (Fsp3) is 0.0588. The van der Waals surface area contributed by atoms with Crippen molar-refractivity contribution < 1.29 is 10.2 Å². The van der Waals surface area contributed by atoms with Crippen LogP contribution in [0.25, 0.3) is 0 Å². The first-order chi connectivity index (χ1) is 10.0. The topological polar surface area (TPSA) is 80.7 Å². The third-order valence-corrected chi connectivity index (χ3v) is 3.24. The summed E-state index contributed by atoms with van der Waals surface area (Å²) in [5.74, 6) is -0.263. The second kappa shape index (κ2) is 6.05. The number of carbonyl (C=O) groups excluding carboxylic acids is 1. The lowest BCUT2D eigenvalue weighted by Crippen LogP contribution is -2.41. The maximum absolute atomic E-state index is 11.3. The van der Waals surface area contributed by atoms with Crippen LogP contribution in [0.5, 0.6) is 0 Å². The molecule has 2 rings (SSSR count). The number of nitrogens with two attached hydrogens (primary N) is 2. The van der Waals surface area contributed by atoms with Gasteiger partial charge < -0.3 is 11.1 Å². The molecule has 106 valence electrons. The molecule has 4 nitrogen and oxygen atoms in total. The summed E-state index contributed by atoms with van der Waals surface area (Å²) in [6, 6.07) is 13.0. The number of aryl methyl sites for hydroxylation is 1. The molecule has 21 heavy (non-hydrogen) atoms. The van der Waals surface area contributed by atoms with Crippen LogP contribution in [-0.4, -0.2) is 11.6 Å². The van der Waals surface area contributed by atoms with Crippen molar-refractivity contribution in [1.82, 2.24) is 0 Å². The molecule has 5 N–H and O–H groups in total. The van der Waals surface area contributed by atoms with Crippen LogP contribution in [0, 0.1) is 6.92 Å². The highest BCUT2D eigenvalue weighted by atomic mass is 16.1. The van der Waals surface area contributed by atoms with Crippen LogP contribution in [0.2, 0.25) is 0 Å². The van der Waals surface area contributed by atoms with Gasteiger partial charge in [-0.25, -0.2) is 0 Å². The molecule has 1 amide bonds. The van der Waals surface area contributed by atoms with Gasteiger partial charge in [-0.15, -0.1) is 0 Å². The minimum absolute atomic E-state index is 0.263. The number of benzene rings is 2. The monoisotopic (exact) mass is 280 g/mol. The number of nitrogen functional groups attached to an aromatic ring is 1. The van der Waals surface area contributed by atoms with E-state index in [1.54, 1.807) is 12.1 Å². The second-order valence-electron chi connectivity index (χ2n) is 4.72. The molecule has 0 radical (unpaired) electrons. The smallest absolute Gasteiger partial charge is 0.247 e. The second-order valence-corrected chi connectivity index (χ2v) is 4.72. The Labute approximate surface area is 123 Å². The molecule has 0 saturated heterocycles. The van der Waals surface area contributed by atoms with Gasteiger partial charge in [-0.2, -0.15) is 0 Å². The van der Waals surface area contributed by atoms with Gasteiger partial charge >= 0.3 is 0 Å². The van der Waals surface area contributed by atoms with E-state index in [0.717, 1.165) is 16.7 Å². The summed E-state index contributed by atoms with van der Waals surface area (Å²) >= 11 is 0. The maximum atomic E-state index is 11.3. The Kier molecular flexibility index (Phi) is 4.18. The lowest BCUT2D eigenvalue weighted by molar-refractivity contribution is -0.112. The van der Waals surface area contributed by atoms with Crippen LogP contribution in [0.1, 0.15) is 16.7 Å². The van der Waals surface area contributed by atoms with Crippen molar-refractivity contribution in [2.24, 2.45) is 0 Å². The van der Waals surface area contributed by atoms with Crippen molar-refractivity contribution in [2.75, 3.05) is 11.1 Å². The Morgan fingerprint density at radius 3 is 2.71 bits per heavy atom. The fourth-order valence-corrected chi connectivity index (χ4v) is 2.03. The summed E-state index contributed by atoms with van der Waals surface area (Å²) < 4.78 is 0. The molecular formula is C17H18N3O+. The van der Waals surface area contributed by atoms with E-state index >= 15 is 0 Å². The first-order valence-corrected chi connectivity index (χ1v) is 6.54. The normalized spacial score (nSPS) is 9.95. The summed E-state index contributed by atoms with van der Waals surface area (Å²) in [6.45, 7) is 5.36. The van der Waals surface area contributed by atoms with Crippen molar-refractivity contribution in [1.29, 1.82) is 0 Å². The Balaban J connectivity index is 2.35. The van der Waals surface area contributed by atoms with Gasteiger partial charge in [-0.3, -0.25) is 10.2 Å². The van der Waals surface area contributed by atoms with E-state index in [1.165, 1.54) is 6.08 Å². The number of amides is 1. The summed E-state index contributed by atoms with van der Waals surface area (Å²) in [6.07, 6.45) is 1.22. The van der Waals surface area contributed by atoms with Crippen LogP contribution < -0.4 is 16.5 Å². The minimum atomic E-state index is -0.263. The highest BCUT2D eigenvalue weighted by Gasteiger charge is 2.15. The number of hydrogen-bond acceptors (Lipinski definition) is 2. The molecule has 0 atom stereocenters. The molecule has 4 heteroatoms. The Hall–Kier alpha value is -2.88. The average molecular weight is 280 g/mol. The Morgan fingerprint density at radius 1 is 1.29 bits per heavy atom. The van der Waals surface area contributed by atoms with Gasteiger partial charge in [-0.05, 0) is 42.8 Å². The van der Waals surface area contributed by atoms with E-state index in [-0.39, 0.29) is 5.91 Å². The highest BCUT2D eigenvalue weighted by molar-refractivity contribution is 6.13. The largest absolute Gasteiger partial charge is 0.398 e. The molecule has 0 unspecified atom stereocenters. The van der Waals surface area contributed by atoms with E-state index in [0.29, 0.717) is 17.1 Å². The predicted molar refractivity (Wildman–Crippen MR) is 86.0 cm³/mol. The molecule has 2 aromatic rings. The molecule has 0 heterocycles. The number of anilines is 2. The van der Waals surface area contributed by atoms with Crippen LogP contribution in [0.4, 0.5) is 11.4 Å². The zero-order valence-corrected chi connectivity index (χ0v) is 11.9. The molecule has 0 aliphatic heterocycles. The molecule has 2 aromatic carbocycles. The van der Waals surface area contributed by atoms with Gasteiger partial charge in [0, 0.05) is 16.9 Å². The molecule has 0 spiro atoms. The van der Waals surface area contributed by atoms with Gasteiger partial charge in [0.15, 0.2) is 0 Å². The van der Waals surface area contributed by atoms with Crippen molar-refractivity contribution in [3.8, 4) is 0 Å². The van der Waals surface area contributed by atoms with Gasteiger partial charge in [0.05, 0.1) is 5.56 Å². The SMILES string of the molecule is C=CC(=O)Nc1cccc(C(=[NH2+])c2cccc(C)c2N)c1. The third-order valence-electron chi connectivity index (χ3n) is 3.24. The highest BCUT2D eigenvalue weighted by Crippen LogP contribution is 2.20. The van der Waals surface area contributed by atoms with Crippen molar-refractivity contribution >= 4 is 23.0 Å². The van der Waals surface area contributed by atoms with Crippen molar-refractivity contribution in [2.45, 2.75) is 6.92 Å². The van der Waals surface area contributed by atoms with E-state index in [1.807, 2.05) is 37.3 Å². The van der Waals surface area contributed by atoms with Gasteiger partial charge in [-0.1, -0.05) is 24.8 Å². The summed E-state index contributed by atoms with van der Waals surface area (Å²) in [4.78, 5) is 11.3.